The number of hydrogen-bond donors (Lipinski definition) is 2. The van der Waals surface area contributed by atoms with Gasteiger partial charge in [-0.05, 0) is 25.0 Å². The number of hydrogen-bond acceptors (Lipinski definition) is 3. The third kappa shape index (κ3) is 2.61. The second kappa shape index (κ2) is 5.08. The highest BCUT2D eigenvalue weighted by Gasteiger charge is 2.18. The van der Waals surface area contributed by atoms with Crippen molar-refractivity contribution in [3.05, 3.63) is 17.7 Å². The molecule has 0 fully saturated rings. The highest BCUT2D eigenvalue weighted by molar-refractivity contribution is 5.99. The molecule has 2 rings (SSSR count). The molecule has 0 saturated heterocycles. The summed E-state index contributed by atoms with van der Waals surface area (Å²) >= 11 is 0. The van der Waals surface area contributed by atoms with E-state index < -0.39 is 0 Å². The topological polar surface area (TPSA) is 67.4 Å². The largest absolute Gasteiger partial charge is 0.493 e. The fraction of sp³-hybridized carbons (Fsp3) is 0.385. The molecule has 0 saturated carbocycles. The maximum Gasteiger partial charge on any atom is 0.221 e. The third-order valence-corrected chi connectivity index (χ3v) is 2.71. The van der Waals surface area contributed by atoms with Crippen LogP contribution in [0.3, 0.4) is 0 Å². The fourth-order valence-corrected chi connectivity index (χ4v) is 2.06. The van der Waals surface area contributed by atoms with Crippen molar-refractivity contribution < 1.29 is 14.3 Å². The van der Waals surface area contributed by atoms with Crippen LogP contribution in [-0.4, -0.2) is 18.4 Å². The molecular formula is C13H16N2O3. The van der Waals surface area contributed by atoms with E-state index in [0.717, 1.165) is 24.2 Å². The summed E-state index contributed by atoms with van der Waals surface area (Å²) in [6.45, 7) is 3.57. The monoisotopic (exact) mass is 248 g/mol. The summed E-state index contributed by atoms with van der Waals surface area (Å²) in [6.07, 6.45) is 1.74. The van der Waals surface area contributed by atoms with E-state index in [-0.39, 0.29) is 11.8 Å². The van der Waals surface area contributed by atoms with Crippen LogP contribution in [0.15, 0.2) is 12.1 Å². The number of amides is 2. The molecule has 0 aliphatic carbocycles. The summed E-state index contributed by atoms with van der Waals surface area (Å²) in [5, 5.41) is 5.49. The minimum atomic E-state index is -0.168. The van der Waals surface area contributed by atoms with Crippen molar-refractivity contribution in [2.24, 2.45) is 0 Å². The third-order valence-electron chi connectivity index (χ3n) is 2.71. The average molecular weight is 248 g/mol. The van der Waals surface area contributed by atoms with Crippen molar-refractivity contribution in [2.45, 2.75) is 26.7 Å². The SMILES string of the molecule is CC(=O)Nc1ccc2c(c1NC(C)=O)CCCO2. The van der Waals surface area contributed by atoms with Crippen LogP contribution < -0.4 is 15.4 Å². The number of fused-ring (bicyclic) bond motifs is 1. The molecule has 0 radical (unpaired) electrons. The number of ether oxygens (including phenoxy) is 1. The lowest BCUT2D eigenvalue weighted by atomic mass is 10.0. The van der Waals surface area contributed by atoms with Gasteiger partial charge in [0.1, 0.15) is 5.75 Å². The number of anilines is 2. The number of carbonyl (C=O) groups is 2. The molecule has 0 aromatic heterocycles. The van der Waals surface area contributed by atoms with Gasteiger partial charge in [-0.2, -0.15) is 0 Å². The molecule has 2 N–H and O–H groups in total. The van der Waals surface area contributed by atoms with E-state index in [9.17, 15) is 9.59 Å². The van der Waals surface area contributed by atoms with Crippen molar-refractivity contribution in [2.75, 3.05) is 17.2 Å². The zero-order chi connectivity index (χ0) is 13.1. The molecule has 5 nitrogen and oxygen atoms in total. The predicted octanol–water partition coefficient (Wildman–Crippen LogP) is 1.93. The average Bonchev–Trinajstić information content (AvgIpc) is 2.31. The molecule has 5 heteroatoms. The first-order chi connectivity index (χ1) is 8.58. The highest BCUT2D eigenvalue weighted by Crippen LogP contribution is 2.37. The molecule has 18 heavy (non-hydrogen) atoms. The Kier molecular flexibility index (Phi) is 3.50. The van der Waals surface area contributed by atoms with Gasteiger partial charge in [-0.25, -0.2) is 0 Å². The molecule has 96 valence electrons. The molecular weight excluding hydrogens is 232 g/mol. The summed E-state index contributed by atoms with van der Waals surface area (Å²) in [4.78, 5) is 22.4. The van der Waals surface area contributed by atoms with Gasteiger partial charge < -0.3 is 15.4 Å². The van der Waals surface area contributed by atoms with Gasteiger partial charge in [-0.3, -0.25) is 9.59 Å². The minimum Gasteiger partial charge on any atom is -0.493 e. The standard InChI is InChI=1S/C13H16N2O3/c1-8(16)14-11-5-6-12-10(4-3-7-18-12)13(11)15-9(2)17/h5-6H,3-4,7H2,1-2H3,(H,14,16)(H,15,17). The summed E-state index contributed by atoms with van der Waals surface area (Å²) in [5.74, 6) is 0.443. The molecule has 0 bridgehead atoms. The quantitative estimate of drug-likeness (QED) is 0.840. The van der Waals surface area contributed by atoms with Crippen LogP contribution in [0.1, 0.15) is 25.8 Å². The predicted molar refractivity (Wildman–Crippen MR) is 68.9 cm³/mol. The first-order valence-corrected chi connectivity index (χ1v) is 5.92. The number of nitrogens with one attached hydrogen (secondary N) is 2. The number of rotatable bonds is 2. The Hall–Kier alpha value is -2.04. The van der Waals surface area contributed by atoms with Crippen molar-refractivity contribution in [3.8, 4) is 5.75 Å². The molecule has 1 aromatic rings. The lowest BCUT2D eigenvalue weighted by molar-refractivity contribution is -0.115. The Labute approximate surface area is 106 Å². The second-order valence-corrected chi connectivity index (χ2v) is 4.28. The van der Waals surface area contributed by atoms with E-state index in [1.54, 1.807) is 6.07 Å². The Bertz CT molecular complexity index is 497. The molecule has 2 amide bonds. The van der Waals surface area contributed by atoms with E-state index in [4.69, 9.17) is 4.74 Å². The van der Waals surface area contributed by atoms with Crippen LogP contribution in [0.5, 0.6) is 5.75 Å². The van der Waals surface area contributed by atoms with Crippen LogP contribution in [0.25, 0.3) is 0 Å². The minimum absolute atomic E-state index is 0.166. The summed E-state index contributed by atoms with van der Waals surface area (Å²) in [5.41, 5.74) is 2.21. The van der Waals surface area contributed by atoms with Crippen molar-refractivity contribution in [3.63, 3.8) is 0 Å². The van der Waals surface area contributed by atoms with Crippen LogP contribution in [0.2, 0.25) is 0 Å². The lowest BCUT2D eigenvalue weighted by Crippen LogP contribution is -2.17. The first kappa shape index (κ1) is 12.4. The molecule has 1 heterocycles. The van der Waals surface area contributed by atoms with Crippen molar-refractivity contribution >= 4 is 23.2 Å². The Morgan fingerprint density at radius 3 is 2.56 bits per heavy atom. The van der Waals surface area contributed by atoms with Gasteiger partial charge in [0.05, 0.1) is 18.0 Å². The Balaban J connectivity index is 2.45. The van der Waals surface area contributed by atoms with E-state index in [1.165, 1.54) is 13.8 Å². The molecule has 1 aromatic carbocycles. The molecule has 1 aliphatic rings. The zero-order valence-corrected chi connectivity index (χ0v) is 10.5. The van der Waals surface area contributed by atoms with Crippen LogP contribution in [0, 0.1) is 0 Å². The van der Waals surface area contributed by atoms with Gasteiger partial charge in [-0.1, -0.05) is 0 Å². The second-order valence-electron chi connectivity index (χ2n) is 4.28. The molecule has 0 atom stereocenters. The number of carbonyl (C=O) groups excluding carboxylic acids is 2. The first-order valence-electron chi connectivity index (χ1n) is 5.92. The van der Waals surface area contributed by atoms with Crippen LogP contribution >= 0.6 is 0 Å². The number of benzene rings is 1. The van der Waals surface area contributed by atoms with E-state index in [1.807, 2.05) is 6.07 Å². The molecule has 0 unspecified atom stereocenters. The van der Waals surface area contributed by atoms with Gasteiger partial charge in [0.25, 0.3) is 0 Å². The van der Waals surface area contributed by atoms with E-state index in [0.29, 0.717) is 18.0 Å². The van der Waals surface area contributed by atoms with Crippen molar-refractivity contribution in [1.82, 2.24) is 0 Å². The smallest absolute Gasteiger partial charge is 0.221 e. The summed E-state index contributed by atoms with van der Waals surface area (Å²) in [6, 6.07) is 3.57. The maximum atomic E-state index is 11.3. The van der Waals surface area contributed by atoms with Gasteiger partial charge in [0.15, 0.2) is 0 Å². The van der Waals surface area contributed by atoms with Gasteiger partial charge in [-0.15, -0.1) is 0 Å². The summed E-state index contributed by atoms with van der Waals surface area (Å²) in [7, 11) is 0. The maximum absolute atomic E-state index is 11.3. The Morgan fingerprint density at radius 1 is 1.17 bits per heavy atom. The van der Waals surface area contributed by atoms with Gasteiger partial charge in [0.2, 0.25) is 11.8 Å². The normalized spacial score (nSPS) is 13.2. The molecule has 0 spiro atoms. The zero-order valence-electron chi connectivity index (χ0n) is 10.5. The van der Waals surface area contributed by atoms with Gasteiger partial charge >= 0.3 is 0 Å². The fourth-order valence-electron chi connectivity index (χ4n) is 2.06. The summed E-state index contributed by atoms with van der Waals surface area (Å²) < 4.78 is 5.54. The molecule has 1 aliphatic heterocycles. The Morgan fingerprint density at radius 2 is 1.89 bits per heavy atom. The van der Waals surface area contributed by atoms with E-state index >= 15 is 0 Å². The van der Waals surface area contributed by atoms with E-state index in [2.05, 4.69) is 10.6 Å². The lowest BCUT2D eigenvalue weighted by Gasteiger charge is -2.22. The van der Waals surface area contributed by atoms with Crippen LogP contribution in [-0.2, 0) is 16.0 Å². The van der Waals surface area contributed by atoms with Gasteiger partial charge in [0, 0.05) is 19.4 Å². The highest BCUT2D eigenvalue weighted by atomic mass is 16.5. The van der Waals surface area contributed by atoms with Crippen LogP contribution in [0.4, 0.5) is 11.4 Å². The van der Waals surface area contributed by atoms with Crippen molar-refractivity contribution in [1.29, 1.82) is 0 Å².